The van der Waals surface area contributed by atoms with Crippen molar-refractivity contribution in [3.8, 4) is 0 Å². The van der Waals surface area contributed by atoms with E-state index in [-0.39, 0.29) is 0 Å². The molecule has 2 heteroatoms. The van der Waals surface area contributed by atoms with E-state index in [9.17, 15) is 4.79 Å². The highest BCUT2D eigenvalue weighted by Gasteiger charge is 1.87. The third-order valence-electron chi connectivity index (χ3n) is 1.50. The van der Waals surface area contributed by atoms with Gasteiger partial charge >= 0.3 is 0 Å². The number of carbonyl (C=O) groups is 1. The molecule has 1 aromatic rings. The number of hydrogen-bond acceptors (Lipinski definition) is 2. The first kappa shape index (κ1) is 28.0. The zero-order chi connectivity index (χ0) is 17.7. The van der Waals surface area contributed by atoms with Crippen LogP contribution >= 0.6 is 0 Å². The van der Waals surface area contributed by atoms with Gasteiger partial charge in [0, 0.05) is 18.3 Å². The molecule has 0 atom stereocenters. The summed E-state index contributed by atoms with van der Waals surface area (Å²) in [5, 5.41) is 0. The molecule has 2 nitrogen and oxygen atoms in total. The monoisotopic (exact) mass is 297 g/mol. The van der Waals surface area contributed by atoms with Gasteiger partial charge in [-0.15, -0.1) is 0 Å². The molecule has 0 aliphatic heterocycles. The maximum Gasteiger partial charge on any atom is 0.119 e. The van der Waals surface area contributed by atoms with Crippen LogP contribution in [-0.4, -0.2) is 11.3 Å². The minimum atomic E-state index is 0.639. The minimum absolute atomic E-state index is 0.639. The van der Waals surface area contributed by atoms with E-state index >= 15 is 0 Å². The molecule has 1 aromatic heterocycles. The van der Waals surface area contributed by atoms with Gasteiger partial charge in [-0.1, -0.05) is 62.3 Å². The van der Waals surface area contributed by atoms with Crippen LogP contribution < -0.4 is 0 Å². The number of aromatic nitrogens is 1. The molecule has 0 spiro atoms. The number of aldehydes is 1. The van der Waals surface area contributed by atoms with E-state index in [0.717, 1.165) is 18.6 Å². The first-order chi connectivity index (χ1) is 9.97. The van der Waals surface area contributed by atoms with Crippen LogP contribution in [-0.2, 0) is 11.2 Å². The first-order valence-electron chi connectivity index (χ1n) is 8.32. The second kappa shape index (κ2) is 27.2. The van der Waals surface area contributed by atoms with E-state index in [1.807, 2.05) is 46.9 Å². The number of pyridine rings is 1. The Labute approximate surface area is 134 Å². The average Bonchev–Trinajstić information content (AvgIpc) is 2.51. The number of aryl methyl sites for hydroxylation is 2. The van der Waals surface area contributed by atoms with Crippen LogP contribution in [0.25, 0.3) is 0 Å². The molecule has 0 saturated carbocycles. The summed E-state index contributed by atoms with van der Waals surface area (Å²) >= 11 is 0. The van der Waals surface area contributed by atoms with E-state index in [0.29, 0.717) is 6.42 Å². The van der Waals surface area contributed by atoms with E-state index in [1.165, 1.54) is 11.3 Å². The van der Waals surface area contributed by atoms with Crippen molar-refractivity contribution in [2.45, 2.75) is 82.1 Å². The number of carbonyl (C=O) groups excluding carboxylic acids is 1. The van der Waals surface area contributed by atoms with Crippen molar-refractivity contribution in [2.75, 3.05) is 0 Å². The van der Waals surface area contributed by atoms with Crippen molar-refractivity contribution < 1.29 is 4.79 Å². The summed E-state index contributed by atoms with van der Waals surface area (Å²) < 4.78 is 0. The zero-order valence-corrected chi connectivity index (χ0v) is 16.2. The molecular weight excluding hydrogens is 258 g/mol. The minimum Gasteiger partial charge on any atom is -0.303 e. The lowest BCUT2D eigenvalue weighted by molar-refractivity contribution is -0.107. The van der Waals surface area contributed by atoms with Gasteiger partial charge in [0.1, 0.15) is 6.29 Å². The van der Waals surface area contributed by atoms with Crippen LogP contribution in [0.4, 0.5) is 0 Å². The Morgan fingerprint density at radius 2 is 1.48 bits per heavy atom. The third-order valence-corrected chi connectivity index (χ3v) is 1.50. The molecule has 1 heterocycles. The molecule has 126 valence electrons. The fourth-order valence-corrected chi connectivity index (χ4v) is 0.792. The normalized spacial score (nSPS) is 7.57. The Hall–Kier alpha value is -1.18. The predicted molar refractivity (Wildman–Crippen MR) is 97.9 cm³/mol. The summed E-state index contributed by atoms with van der Waals surface area (Å²) in [4.78, 5) is 13.3. The second-order valence-electron chi connectivity index (χ2n) is 4.49. The topological polar surface area (TPSA) is 30.0 Å². The van der Waals surface area contributed by atoms with Crippen molar-refractivity contribution in [3.05, 3.63) is 29.6 Å². The van der Waals surface area contributed by atoms with Gasteiger partial charge in [0.25, 0.3) is 0 Å². The molecule has 0 aliphatic carbocycles. The standard InChI is InChI=1S/C8H11N.C4H10.C3H6O.2C2H6/c1-3-8-6-7(2)4-5-9-8;1-4(2)3;1-2-3-4;2*1-2/h4-6H,3H2,1-2H3;4H,1-3H3;3H,2H2,1H3;2*1-2H3. The molecule has 0 saturated heterocycles. The van der Waals surface area contributed by atoms with E-state index in [4.69, 9.17) is 0 Å². The summed E-state index contributed by atoms with van der Waals surface area (Å²) in [5.74, 6) is 0.833. The molecular formula is C19H39NO. The van der Waals surface area contributed by atoms with Crippen LogP contribution in [0, 0.1) is 12.8 Å². The molecule has 0 aromatic carbocycles. The smallest absolute Gasteiger partial charge is 0.119 e. The highest BCUT2D eigenvalue weighted by atomic mass is 16.1. The Morgan fingerprint density at radius 1 is 1.10 bits per heavy atom. The Balaban J connectivity index is -0.000000103. The molecule has 0 bridgehead atoms. The average molecular weight is 298 g/mol. The lowest BCUT2D eigenvalue weighted by atomic mass is 10.2. The molecule has 0 unspecified atom stereocenters. The Morgan fingerprint density at radius 3 is 1.67 bits per heavy atom. The predicted octanol–water partition coefficient (Wildman–Crippen LogP) is 6.26. The quantitative estimate of drug-likeness (QED) is 0.603. The van der Waals surface area contributed by atoms with Crippen molar-refractivity contribution in [1.82, 2.24) is 4.98 Å². The van der Waals surface area contributed by atoms with Crippen molar-refractivity contribution in [2.24, 2.45) is 5.92 Å². The zero-order valence-electron chi connectivity index (χ0n) is 16.2. The lowest BCUT2D eigenvalue weighted by Gasteiger charge is -1.94. The molecule has 21 heavy (non-hydrogen) atoms. The Bertz CT molecular complexity index is 280. The summed E-state index contributed by atoms with van der Waals surface area (Å²) in [6, 6.07) is 4.12. The van der Waals surface area contributed by atoms with E-state index in [1.54, 1.807) is 0 Å². The molecule has 0 radical (unpaired) electrons. The summed E-state index contributed by atoms with van der Waals surface area (Å²) in [6.07, 6.45) is 4.40. The second-order valence-corrected chi connectivity index (χ2v) is 4.49. The number of rotatable bonds is 2. The third kappa shape index (κ3) is 38.1. The fourth-order valence-electron chi connectivity index (χ4n) is 0.792. The summed E-state index contributed by atoms with van der Waals surface area (Å²) in [7, 11) is 0. The maximum absolute atomic E-state index is 9.17. The van der Waals surface area contributed by atoms with E-state index < -0.39 is 0 Å². The van der Waals surface area contributed by atoms with Crippen molar-refractivity contribution in [1.29, 1.82) is 0 Å². The van der Waals surface area contributed by atoms with Crippen molar-refractivity contribution >= 4 is 6.29 Å². The van der Waals surface area contributed by atoms with Gasteiger partial charge in [-0.25, -0.2) is 0 Å². The molecule has 0 N–H and O–H groups in total. The number of hydrogen-bond donors (Lipinski definition) is 0. The van der Waals surface area contributed by atoms with Crippen LogP contribution in [0.3, 0.4) is 0 Å². The highest BCUT2D eigenvalue weighted by Crippen LogP contribution is 1.99. The van der Waals surface area contributed by atoms with Gasteiger partial charge in [0.05, 0.1) is 0 Å². The van der Waals surface area contributed by atoms with Gasteiger partial charge < -0.3 is 4.79 Å². The van der Waals surface area contributed by atoms with Crippen LogP contribution in [0.1, 0.15) is 80.0 Å². The molecule has 0 amide bonds. The van der Waals surface area contributed by atoms with Gasteiger partial charge in [0.2, 0.25) is 0 Å². The lowest BCUT2D eigenvalue weighted by Crippen LogP contribution is -1.85. The first-order valence-corrected chi connectivity index (χ1v) is 8.32. The van der Waals surface area contributed by atoms with Gasteiger partial charge in [-0.2, -0.15) is 0 Å². The summed E-state index contributed by atoms with van der Waals surface area (Å²) in [5.41, 5.74) is 2.47. The van der Waals surface area contributed by atoms with Gasteiger partial charge in [-0.3, -0.25) is 4.98 Å². The molecule has 1 rings (SSSR count). The maximum atomic E-state index is 9.17. The fraction of sp³-hybridized carbons (Fsp3) is 0.684. The van der Waals surface area contributed by atoms with E-state index in [2.05, 4.69) is 45.7 Å². The molecule has 0 fully saturated rings. The van der Waals surface area contributed by atoms with Crippen LogP contribution in [0.5, 0.6) is 0 Å². The molecule has 0 aliphatic rings. The van der Waals surface area contributed by atoms with Gasteiger partial charge in [0.15, 0.2) is 0 Å². The van der Waals surface area contributed by atoms with Gasteiger partial charge in [-0.05, 0) is 37.0 Å². The number of nitrogens with zero attached hydrogens (tertiary/aromatic N) is 1. The van der Waals surface area contributed by atoms with Crippen molar-refractivity contribution in [3.63, 3.8) is 0 Å². The highest BCUT2D eigenvalue weighted by molar-refractivity contribution is 5.48. The largest absolute Gasteiger partial charge is 0.303 e. The van der Waals surface area contributed by atoms with Crippen LogP contribution in [0.15, 0.2) is 18.3 Å². The SMILES string of the molecule is CC.CC.CC(C)C.CCC=O.CCc1cc(C)ccn1. The Kier molecular flexibility index (Phi) is 36.3. The summed E-state index contributed by atoms with van der Waals surface area (Å²) in [6.45, 7) is 20.5. The van der Waals surface area contributed by atoms with Crippen LogP contribution in [0.2, 0.25) is 0 Å².